The average molecular weight is 313 g/mol. The van der Waals surface area contributed by atoms with E-state index >= 15 is 0 Å². The predicted molar refractivity (Wildman–Crippen MR) is 74.8 cm³/mol. The van der Waals surface area contributed by atoms with Crippen molar-refractivity contribution in [3.63, 3.8) is 0 Å². The molecule has 0 radical (unpaired) electrons. The highest BCUT2D eigenvalue weighted by Crippen LogP contribution is 2.32. The van der Waals surface area contributed by atoms with Crippen LogP contribution in [-0.4, -0.2) is 24.8 Å². The van der Waals surface area contributed by atoms with Crippen molar-refractivity contribution in [2.24, 2.45) is 5.73 Å². The van der Waals surface area contributed by atoms with Gasteiger partial charge in [0.25, 0.3) is 0 Å². The molecule has 0 bridgehead atoms. The third-order valence-electron chi connectivity index (χ3n) is 3.17. The maximum atomic E-state index is 12.0. The lowest BCUT2D eigenvalue weighted by atomic mass is 10.0. The number of benzene rings is 1. The van der Waals surface area contributed by atoms with E-state index in [1.165, 1.54) is 0 Å². The fourth-order valence-electron chi connectivity index (χ4n) is 2.24. The summed E-state index contributed by atoms with van der Waals surface area (Å²) in [5.41, 5.74) is 7.01. The third kappa shape index (κ3) is 2.52. The maximum Gasteiger partial charge on any atom is 0.415 e. The molecule has 1 fully saturated rings. The first-order chi connectivity index (χ1) is 8.45. The number of anilines is 1. The molecule has 0 spiro atoms. The summed E-state index contributed by atoms with van der Waals surface area (Å²) in [5, 5.41) is 0. The zero-order chi connectivity index (χ0) is 13.3. The van der Waals surface area contributed by atoms with Gasteiger partial charge in [0.05, 0.1) is 12.2 Å². The highest BCUT2D eigenvalue weighted by molar-refractivity contribution is 9.10. The Kier molecular flexibility index (Phi) is 3.64. The molecule has 1 aromatic carbocycles. The molecule has 1 unspecified atom stereocenters. The molecule has 98 valence electrons. The highest BCUT2D eigenvalue weighted by Gasteiger charge is 2.41. The van der Waals surface area contributed by atoms with Crippen molar-refractivity contribution in [2.45, 2.75) is 25.9 Å². The van der Waals surface area contributed by atoms with Crippen LogP contribution in [0, 0.1) is 6.92 Å². The predicted octanol–water partition coefficient (Wildman–Crippen LogP) is 2.82. The summed E-state index contributed by atoms with van der Waals surface area (Å²) < 4.78 is 6.44. The molecular formula is C13H17BrN2O2. The van der Waals surface area contributed by atoms with E-state index in [2.05, 4.69) is 15.9 Å². The zero-order valence-electron chi connectivity index (χ0n) is 10.6. The minimum Gasteiger partial charge on any atom is -0.441 e. The molecule has 1 saturated heterocycles. The quantitative estimate of drug-likeness (QED) is 0.933. The first-order valence-corrected chi connectivity index (χ1v) is 6.71. The number of rotatable bonds is 3. The topological polar surface area (TPSA) is 55.6 Å². The molecule has 0 aliphatic carbocycles. The zero-order valence-corrected chi connectivity index (χ0v) is 12.2. The van der Waals surface area contributed by atoms with Gasteiger partial charge in [0.2, 0.25) is 0 Å². The van der Waals surface area contributed by atoms with Gasteiger partial charge in [0.15, 0.2) is 0 Å². The standard InChI is InChI=1S/C13H17BrN2O2/c1-9-7-10(14)3-4-11(9)16-8-13(2,5-6-15)18-12(16)17/h3-4,7H,5-6,8,15H2,1-2H3. The van der Waals surface area contributed by atoms with Crippen molar-refractivity contribution >= 4 is 27.7 Å². The summed E-state index contributed by atoms with van der Waals surface area (Å²) in [4.78, 5) is 13.6. The molecule has 1 aliphatic rings. The van der Waals surface area contributed by atoms with E-state index < -0.39 is 5.60 Å². The van der Waals surface area contributed by atoms with Crippen LogP contribution in [0.25, 0.3) is 0 Å². The van der Waals surface area contributed by atoms with Gasteiger partial charge in [-0.1, -0.05) is 15.9 Å². The van der Waals surface area contributed by atoms with E-state index in [0.717, 1.165) is 15.7 Å². The second-order valence-corrected chi connectivity index (χ2v) is 5.79. The Balaban J connectivity index is 2.27. The van der Waals surface area contributed by atoms with Gasteiger partial charge in [0.1, 0.15) is 5.60 Å². The lowest BCUT2D eigenvalue weighted by molar-refractivity contribution is 0.0672. The Morgan fingerprint density at radius 2 is 2.28 bits per heavy atom. The van der Waals surface area contributed by atoms with Crippen molar-refractivity contribution in [3.8, 4) is 0 Å². The van der Waals surface area contributed by atoms with Gasteiger partial charge in [0, 0.05) is 10.9 Å². The molecule has 4 nitrogen and oxygen atoms in total. The summed E-state index contributed by atoms with van der Waals surface area (Å²) in [6, 6.07) is 5.84. The number of ether oxygens (including phenoxy) is 1. The van der Waals surface area contributed by atoms with Crippen LogP contribution >= 0.6 is 15.9 Å². The number of aryl methyl sites for hydroxylation is 1. The van der Waals surface area contributed by atoms with Crippen molar-refractivity contribution in [2.75, 3.05) is 18.0 Å². The smallest absolute Gasteiger partial charge is 0.415 e. The molecule has 2 rings (SSSR count). The minimum atomic E-state index is -0.481. The van der Waals surface area contributed by atoms with Crippen LogP contribution in [0.2, 0.25) is 0 Å². The van der Waals surface area contributed by atoms with Crippen LogP contribution in [-0.2, 0) is 4.74 Å². The van der Waals surface area contributed by atoms with Crippen molar-refractivity contribution < 1.29 is 9.53 Å². The molecule has 1 heterocycles. The van der Waals surface area contributed by atoms with E-state index in [1.807, 2.05) is 32.0 Å². The van der Waals surface area contributed by atoms with Crippen LogP contribution in [0.1, 0.15) is 18.9 Å². The van der Waals surface area contributed by atoms with Crippen molar-refractivity contribution in [1.29, 1.82) is 0 Å². The second-order valence-electron chi connectivity index (χ2n) is 4.87. The Morgan fingerprint density at radius 3 is 2.89 bits per heavy atom. The number of carbonyl (C=O) groups excluding carboxylic acids is 1. The van der Waals surface area contributed by atoms with Gasteiger partial charge in [-0.05, 0) is 44.2 Å². The molecule has 18 heavy (non-hydrogen) atoms. The minimum absolute atomic E-state index is 0.295. The van der Waals surface area contributed by atoms with E-state index in [9.17, 15) is 4.79 Å². The van der Waals surface area contributed by atoms with Gasteiger partial charge in [-0.3, -0.25) is 4.90 Å². The van der Waals surface area contributed by atoms with Gasteiger partial charge in [-0.2, -0.15) is 0 Å². The number of cyclic esters (lactones) is 1. The fourth-order valence-corrected chi connectivity index (χ4v) is 2.71. The van der Waals surface area contributed by atoms with Gasteiger partial charge < -0.3 is 10.5 Å². The van der Waals surface area contributed by atoms with Gasteiger partial charge in [-0.15, -0.1) is 0 Å². The monoisotopic (exact) mass is 312 g/mol. The van der Waals surface area contributed by atoms with E-state index in [-0.39, 0.29) is 6.09 Å². The Bertz CT molecular complexity index is 478. The molecule has 2 N–H and O–H groups in total. The molecule has 1 aliphatic heterocycles. The van der Waals surface area contributed by atoms with Crippen LogP contribution in [0.15, 0.2) is 22.7 Å². The van der Waals surface area contributed by atoms with Gasteiger partial charge >= 0.3 is 6.09 Å². The van der Waals surface area contributed by atoms with E-state index in [1.54, 1.807) is 4.90 Å². The first-order valence-electron chi connectivity index (χ1n) is 5.92. The molecule has 5 heteroatoms. The first kappa shape index (κ1) is 13.4. The molecule has 1 amide bonds. The van der Waals surface area contributed by atoms with Gasteiger partial charge in [-0.25, -0.2) is 4.79 Å². The van der Waals surface area contributed by atoms with Crippen LogP contribution in [0.5, 0.6) is 0 Å². The number of halogens is 1. The SMILES string of the molecule is Cc1cc(Br)ccc1N1CC(C)(CCN)OC1=O. The molecule has 1 atom stereocenters. The lowest BCUT2D eigenvalue weighted by Gasteiger charge is -2.21. The summed E-state index contributed by atoms with van der Waals surface area (Å²) in [6.45, 7) is 4.96. The summed E-state index contributed by atoms with van der Waals surface area (Å²) >= 11 is 3.42. The summed E-state index contributed by atoms with van der Waals surface area (Å²) in [6.07, 6.45) is 0.376. The Morgan fingerprint density at radius 1 is 1.56 bits per heavy atom. The number of hydrogen-bond donors (Lipinski definition) is 1. The van der Waals surface area contributed by atoms with E-state index in [4.69, 9.17) is 10.5 Å². The van der Waals surface area contributed by atoms with Crippen LogP contribution in [0.4, 0.5) is 10.5 Å². The van der Waals surface area contributed by atoms with Crippen molar-refractivity contribution in [3.05, 3.63) is 28.2 Å². The second kappa shape index (κ2) is 4.90. The largest absolute Gasteiger partial charge is 0.441 e. The third-order valence-corrected chi connectivity index (χ3v) is 3.66. The molecule has 0 aromatic heterocycles. The number of carbonyl (C=O) groups is 1. The average Bonchev–Trinajstić information content (AvgIpc) is 2.54. The number of hydrogen-bond acceptors (Lipinski definition) is 3. The highest BCUT2D eigenvalue weighted by atomic mass is 79.9. The molecular weight excluding hydrogens is 296 g/mol. The number of nitrogens with two attached hydrogens (primary N) is 1. The maximum absolute atomic E-state index is 12.0. The lowest BCUT2D eigenvalue weighted by Crippen LogP contribution is -2.33. The molecule has 1 aromatic rings. The van der Waals surface area contributed by atoms with Crippen molar-refractivity contribution in [1.82, 2.24) is 0 Å². The summed E-state index contributed by atoms with van der Waals surface area (Å²) in [5.74, 6) is 0. The normalized spacial score (nSPS) is 23.3. The Labute approximate surface area is 115 Å². The molecule has 0 saturated carbocycles. The Hall–Kier alpha value is -1.07. The number of amides is 1. The van der Waals surface area contributed by atoms with Crippen LogP contribution < -0.4 is 10.6 Å². The van der Waals surface area contributed by atoms with E-state index in [0.29, 0.717) is 19.5 Å². The number of nitrogens with zero attached hydrogens (tertiary/aromatic N) is 1. The fraction of sp³-hybridized carbons (Fsp3) is 0.462. The summed E-state index contributed by atoms with van der Waals surface area (Å²) in [7, 11) is 0. The van der Waals surface area contributed by atoms with Crippen LogP contribution in [0.3, 0.4) is 0 Å².